The number of esters is 2. The Morgan fingerprint density at radius 1 is 0.791 bits per heavy atom. The Balaban J connectivity index is 1.34. The van der Waals surface area contributed by atoms with Gasteiger partial charge in [-0.05, 0) is 91.4 Å². The monoisotopic (exact) mass is 588 g/mol. The molecule has 3 rings (SSSR count). The van der Waals surface area contributed by atoms with Gasteiger partial charge in [0, 0.05) is 23.9 Å². The molecule has 0 atom stereocenters. The summed E-state index contributed by atoms with van der Waals surface area (Å²) >= 11 is 0. The van der Waals surface area contributed by atoms with E-state index in [1.54, 1.807) is 60.7 Å². The lowest BCUT2D eigenvalue weighted by Crippen LogP contribution is -2.08. The quantitative estimate of drug-likeness (QED) is 0.0506. The van der Waals surface area contributed by atoms with Gasteiger partial charge in [0.2, 0.25) is 0 Å². The number of carbonyl (C=O) groups excluding carboxylic acids is 2. The maximum absolute atomic E-state index is 12.2. The number of carboxylic acids is 1. The molecule has 0 unspecified atom stereocenters. The number of aromatic carboxylic acids is 1. The summed E-state index contributed by atoms with van der Waals surface area (Å²) in [7, 11) is 0. The smallest absolute Gasteiger partial charge is 0.336 e. The molecule has 5 N–H and O–H groups in total. The standard InChI is InChI=1S/C34H40N2O7/c1-2-3-8-21-41-26-16-18-28(19-17-26)43-33(38)20-13-24-11-14-27(15-12-24)42-32(37)10-7-5-4-6-9-29-30(34(39)40)22-25(35)23-31(29)36/h11-20,22-23H,2-10,21,35-36H2,1H3,(H,39,40)/b20-13+. The largest absolute Gasteiger partial charge is 0.494 e. The van der Waals surface area contributed by atoms with Crippen LogP contribution in [0.25, 0.3) is 6.08 Å². The van der Waals surface area contributed by atoms with Gasteiger partial charge in [-0.1, -0.05) is 44.7 Å². The Hall–Kier alpha value is -4.79. The molecule has 9 heteroatoms. The minimum atomic E-state index is -1.05. The summed E-state index contributed by atoms with van der Waals surface area (Å²) in [5, 5.41) is 9.40. The van der Waals surface area contributed by atoms with Crippen LogP contribution in [0.1, 0.15) is 79.8 Å². The molecule has 228 valence electrons. The number of nitrogen functional groups attached to an aromatic ring is 2. The molecule has 0 radical (unpaired) electrons. The first-order chi connectivity index (χ1) is 20.7. The molecular weight excluding hydrogens is 548 g/mol. The minimum absolute atomic E-state index is 0.132. The predicted molar refractivity (Wildman–Crippen MR) is 167 cm³/mol. The van der Waals surface area contributed by atoms with Gasteiger partial charge in [-0.3, -0.25) is 4.79 Å². The number of hydrogen-bond donors (Lipinski definition) is 3. The first-order valence-corrected chi connectivity index (χ1v) is 14.6. The van der Waals surface area contributed by atoms with E-state index in [0.717, 1.165) is 49.8 Å². The number of unbranched alkanes of at least 4 members (excludes halogenated alkanes) is 5. The Bertz CT molecular complexity index is 1380. The summed E-state index contributed by atoms with van der Waals surface area (Å²) < 4.78 is 16.4. The zero-order valence-electron chi connectivity index (χ0n) is 24.6. The van der Waals surface area contributed by atoms with Crippen molar-refractivity contribution in [1.82, 2.24) is 0 Å². The highest BCUT2D eigenvalue weighted by molar-refractivity contribution is 5.92. The fourth-order valence-electron chi connectivity index (χ4n) is 4.40. The molecular formula is C34H40N2O7. The Morgan fingerprint density at radius 2 is 1.44 bits per heavy atom. The van der Waals surface area contributed by atoms with Crippen LogP contribution in [-0.2, 0) is 16.0 Å². The van der Waals surface area contributed by atoms with Gasteiger partial charge < -0.3 is 30.8 Å². The molecule has 0 aliphatic carbocycles. The number of benzene rings is 3. The van der Waals surface area contributed by atoms with Crippen LogP contribution in [0.5, 0.6) is 17.2 Å². The topological polar surface area (TPSA) is 151 Å². The molecule has 0 saturated heterocycles. The van der Waals surface area contributed by atoms with Crippen LogP contribution in [0, 0.1) is 0 Å². The lowest BCUT2D eigenvalue weighted by atomic mass is 9.98. The summed E-state index contributed by atoms with van der Waals surface area (Å²) in [5.41, 5.74) is 13.9. The van der Waals surface area contributed by atoms with E-state index >= 15 is 0 Å². The summed E-state index contributed by atoms with van der Waals surface area (Å²) in [5.74, 6) is -0.310. The number of nitrogens with two attached hydrogens (primary N) is 2. The number of ether oxygens (including phenoxy) is 3. The van der Waals surface area contributed by atoms with Crippen molar-refractivity contribution in [2.24, 2.45) is 0 Å². The van der Waals surface area contributed by atoms with E-state index in [2.05, 4.69) is 6.92 Å². The molecule has 0 aromatic heterocycles. The molecule has 0 aliphatic heterocycles. The Morgan fingerprint density at radius 3 is 2.14 bits per heavy atom. The van der Waals surface area contributed by atoms with Crippen LogP contribution in [0.15, 0.2) is 66.7 Å². The second-order valence-corrected chi connectivity index (χ2v) is 10.2. The Labute approximate surface area is 252 Å². The van der Waals surface area contributed by atoms with Gasteiger partial charge in [-0.15, -0.1) is 0 Å². The third-order valence-electron chi connectivity index (χ3n) is 6.68. The van der Waals surface area contributed by atoms with E-state index in [-0.39, 0.29) is 18.0 Å². The van der Waals surface area contributed by atoms with Crippen LogP contribution in [-0.4, -0.2) is 29.6 Å². The van der Waals surface area contributed by atoms with Crippen LogP contribution >= 0.6 is 0 Å². The van der Waals surface area contributed by atoms with Crippen molar-refractivity contribution in [3.63, 3.8) is 0 Å². The van der Waals surface area contributed by atoms with E-state index in [1.807, 2.05) is 0 Å². The van der Waals surface area contributed by atoms with Gasteiger partial charge in [-0.2, -0.15) is 0 Å². The summed E-state index contributed by atoms with van der Waals surface area (Å²) in [4.78, 5) is 35.9. The molecule has 0 amide bonds. The summed E-state index contributed by atoms with van der Waals surface area (Å²) in [6.07, 6.45) is 10.0. The van der Waals surface area contributed by atoms with Crippen LogP contribution in [0.3, 0.4) is 0 Å². The minimum Gasteiger partial charge on any atom is -0.494 e. The lowest BCUT2D eigenvalue weighted by molar-refractivity contribution is -0.134. The van der Waals surface area contributed by atoms with E-state index in [0.29, 0.717) is 47.9 Å². The molecule has 43 heavy (non-hydrogen) atoms. The van der Waals surface area contributed by atoms with E-state index < -0.39 is 11.9 Å². The summed E-state index contributed by atoms with van der Waals surface area (Å²) in [6.45, 7) is 2.80. The maximum Gasteiger partial charge on any atom is 0.336 e. The number of carbonyl (C=O) groups is 3. The van der Waals surface area contributed by atoms with Crippen molar-refractivity contribution in [3.05, 3.63) is 83.4 Å². The lowest BCUT2D eigenvalue weighted by Gasteiger charge is -2.11. The van der Waals surface area contributed by atoms with Crippen molar-refractivity contribution in [2.45, 2.75) is 64.7 Å². The average Bonchev–Trinajstić information content (AvgIpc) is 2.98. The fourth-order valence-corrected chi connectivity index (χ4v) is 4.40. The highest BCUT2D eigenvalue weighted by atomic mass is 16.5. The van der Waals surface area contributed by atoms with Crippen molar-refractivity contribution in [1.29, 1.82) is 0 Å². The predicted octanol–water partition coefficient (Wildman–Crippen LogP) is 6.84. The first-order valence-electron chi connectivity index (χ1n) is 14.6. The average molecular weight is 589 g/mol. The third-order valence-corrected chi connectivity index (χ3v) is 6.68. The highest BCUT2D eigenvalue weighted by Gasteiger charge is 2.14. The fraction of sp³-hybridized carbons (Fsp3) is 0.324. The van der Waals surface area contributed by atoms with Crippen molar-refractivity contribution < 1.29 is 33.7 Å². The van der Waals surface area contributed by atoms with Gasteiger partial charge in [-0.25, -0.2) is 9.59 Å². The van der Waals surface area contributed by atoms with Crippen molar-refractivity contribution in [2.75, 3.05) is 18.1 Å². The van der Waals surface area contributed by atoms with E-state index in [9.17, 15) is 19.5 Å². The highest BCUT2D eigenvalue weighted by Crippen LogP contribution is 2.24. The zero-order valence-corrected chi connectivity index (χ0v) is 24.6. The number of carboxylic acid groups (broad SMARTS) is 1. The van der Waals surface area contributed by atoms with Gasteiger partial charge in [0.1, 0.15) is 17.2 Å². The molecule has 0 fully saturated rings. The zero-order chi connectivity index (χ0) is 31.0. The van der Waals surface area contributed by atoms with Crippen LogP contribution in [0.2, 0.25) is 0 Å². The van der Waals surface area contributed by atoms with E-state index in [1.165, 1.54) is 12.1 Å². The molecule has 0 aliphatic rings. The van der Waals surface area contributed by atoms with Crippen LogP contribution < -0.4 is 25.7 Å². The molecule has 3 aromatic rings. The van der Waals surface area contributed by atoms with Gasteiger partial charge >= 0.3 is 17.9 Å². The second kappa shape index (κ2) is 17.2. The van der Waals surface area contributed by atoms with Crippen LogP contribution in [0.4, 0.5) is 11.4 Å². The third kappa shape index (κ3) is 11.5. The maximum atomic E-state index is 12.2. The normalized spacial score (nSPS) is 10.9. The number of rotatable bonds is 17. The SMILES string of the molecule is CCCCCOc1ccc(OC(=O)/C=C/c2ccc(OC(=O)CCCCCCc3c(N)cc(N)cc3C(=O)O)cc2)cc1. The van der Waals surface area contributed by atoms with Gasteiger partial charge in [0.15, 0.2) is 0 Å². The van der Waals surface area contributed by atoms with Gasteiger partial charge in [0.25, 0.3) is 0 Å². The number of anilines is 2. The first kappa shape index (κ1) is 32.7. The molecule has 9 nitrogen and oxygen atoms in total. The molecule has 0 spiro atoms. The van der Waals surface area contributed by atoms with Crippen molar-refractivity contribution >= 4 is 35.4 Å². The van der Waals surface area contributed by atoms with Crippen molar-refractivity contribution in [3.8, 4) is 17.2 Å². The van der Waals surface area contributed by atoms with E-state index in [4.69, 9.17) is 25.7 Å². The van der Waals surface area contributed by atoms with Gasteiger partial charge in [0.05, 0.1) is 12.2 Å². The molecule has 0 saturated carbocycles. The molecule has 0 bridgehead atoms. The number of hydrogen-bond acceptors (Lipinski definition) is 8. The molecule has 0 heterocycles. The summed E-state index contributed by atoms with van der Waals surface area (Å²) in [6, 6.07) is 16.7. The molecule has 3 aromatic carbocycles. The second-order valence-electron chi connectivity index (χ2n) is 10.2. The Kier molecular flexibility index (Phi) is 13.1.